The Balaban J connectivity index is -0.000000937. The quantitative estimate of drug-likeness (QED) is 0.0719. The highest BCUT2D eigenvalue weighted by atomic mass is 16.6. The number of carboxylic acids is 2. The van der Waals surface area contributed by atoms with Crippen LogP contribution < -0.4 is 4.74 Å². The van der Waals surface area contributed by atoms with Gasteiger partial charge >= 0.3 is 5.97 Å². The first-order valence-corrected chi connectivity index (χ1v) is 21.5. The number of carbonyl (C=O) groups excluding carboxylic acids is 1. The van der Waals surface area contributed by atoms with Crippen LogP contribution in [0.1, 0.15) is 220 Å². The molecule has 0 heterocycles. The van der Waals surface area contributed by atoms with Gasteiger partial charge in [0.2, 0.25) is 0 Å². The molecule has 0 radical (unpaired) electrons. The van der Waals surface area contributed by atoms with E-state index in [9.17, 15) is 4.79 Å². The lowest BCUT2D eigenvalue weighted by atomic mass is 9.91. The Labute approximate surface area is 321 Å². The third-order valence-electron chi connectivity index (χ3n) is 8.67. The minimum Gasteiger partial charge on any atom is -0.482 e. The molecule has 0 spiro atoms. The molecular weight excluding hydrogens is 652 g/mol. The minimum atomic E-state index is -0.833. The Bertz CT molecular complexity index is 887. The van der Waals surface area contributed by atoms with Crippen molar-refractivity contribution < 1.29 is 34.1 Å². The highest BCUT2D eigenvalue weighted by Gasteiger charge is 2.15. The van der Waals surface area contributed by atoms with Crippen LogP contribution >= 0.6 is 0 Å². The fraction of sp³-hybridized carbons (Fsp3) is 0.800. The molecule has 1 aromatic rings. The van der Waals surface area contributed by atoms with Gasteiger partial charge in [0, 0.05) is 13.8 Å². The lowest BCUT2D eigenvalue weighted by Gasteiger charge is -2.19. The molecule has 0 aromatic heterocycles. The zero-order valence-electron chi connectivity index (χ0n) is 35.2. The molecule has 0 saturated carbocycles. The SMILES string of the molecule is CC.CC(=O)O.CC(=O)O.CCCCCCCCCCC.CCCCCCCCCCCCCCCCOC(=O)COc1cccc2c1CCCC2. The first-order valence-electron chi connectivity index (χ1n) is 21.5. The molecule has 1 aromatic carbocycles. The van der Waals surface area contributed by atoms with Crippen LogP contribution in [-0.2, 0) is 32.0 Å². The lowest BCUT2D eigenvalue weighted by molar-refractivity contribution is -0.146. The maximum absolute atomic E-state index is 12.0. The number of aliphatic carboxylic acids is 2. The van der Waals surface area contributed by atoms with Gasteiger partial charge in [-0.15, -0.1) is 0 Å². The van der Waals surface area contributed by atoms with E-state index in [0.29, 0.717) is 6.61 Å². The Kier molecular flexibility index (Phi) is 46.1. The highest BCUT2D eigenvalue weighted by Crippen LogP contribution is 2.29. The van der Waals surface area contributed by atoms with Gasteiger partial charge in [-0.05, 0) is 49.3 Å². The third kappa shape index (κ3) is 43.6. The van der Waals surface area contributed by atoms with Gasteiger partial charge in [-0.25, -0.2) is 4.79 Å². The fourth-order valence-electron chi connectivity index (χ4n) is 5.93. The van der Waals surface area contributed by atoms with Crippen LogP contribution in [0.15, 0.2) is 18.2 Å². The molecule has 2 N–H and O–H groups in total. The van der Waals surface area contributed by atoms with Gasteiger partial charge in [0.05, 0.1) is 6.61 Å². The van der Waals surface area contributed by atoms with Crippen molar-refractivity contribution >= 4 is 17.9 Å². The van der Waals surface area contributed by atoms with Gasteiger partial charge in [-0.2, -0.15) is 0 Å². The van der Waals surface area contributed by atoms with Crippen LogP contribution in [0, 0.1) is 0 Å². The molecule has 52 heavy (non-hydrogen) atoms. The second kappa shape index (κ2) is 44.6. The summed E-state index contributed by atoms with van der Waals surface area (Å²) in [7, 11) is 0. The van der Waals surface area contributed by atoms with Crippen molar-refractivity contribution in [2.24, 2.45) is 0 Å². The van der Waals surface area contributed by atoms with E-state index in [-0.39, 0.29) is 12.6 Å². The zero-order chi connectivity index (χ0) is 39.5. The summed E-state index contributed by atoms with van der Waals surface area (Å²) in [6.45, 7) is 13.5. The van der Waals surface area contributed by atoms with Crippen LogP contribution in [0.2, 0.25) is 0 Å². The standard InChI is InChI=1S/C28H46O3.C11H24.2C2H4O2.C2H6/c1-2-3-4-5-6-7-8-9-10-11-12-13-14-17-23-30-28(29)24-31-27-22-18-20-25-19-15-16-21-26(25)27;1-3-5-7-9-11-10-8-6-4-2;2*1-2(3)4;1-2/h18,20,22H,2-17,19,21,23-24H2,1H3;3-11H2,1-2H3;2*1H3,(H,3,4);1-2H3. The topological polar surface area (TPSA) is 110 Å². The largest absolute Gasteiger partial charge is 0.482 e. The van der Waals surface area contributed by atoms with E-state index in [1.165, 1.54) is 159 Å². The molecule has 0 atom stereocenters. The van der Waals surface area contributed by atoms with Crippen LogP contribution in [-0.4, -0.2) is 41.3 Å². The van der Waals surface area contributed by atoms with E-state index in [2.05, 4.69) is 26.8 Å². The first-order chi connectivity index (χ1) is 25.2. The summed E-state index contributed by atoms with van der Waals surface area (Å²) in [5.41, 5.74) is 2.66. The third-order valence-corrected chi connectivity index (χ3v) is 8.67. The normalized spacial score (nSPS) is 11.1. The predicted molar refractivity (Wildman–Crippen MR) is 221 cm³/mol. The van der Waals surface area contributed by atoms with Gasteiger partial charge in [0.25, 0.3) is 11.9 Å². The number of esters is 1. The molecule has 1 aliphatic carbocycles. The van der Waals surface area contributed by atoms with Crippen molar-refractivity contribution in [2.75, 3.05) is 13.2 Å². The predicted octanol–water partition coefficient (Wildman–Crippen LogP) is 13.7. The lowest BCUT2D eigenvalue weighted by Crippen LogP contribution is -2.17. The van der Waals surface area contributed by atoms with E-state index in [4.69, 9.17) is 29.3 Å². The van der Waals surface area contributed by atoms with Gasteiger partial charge in [0.1, 0.15) is 5.75 Å². The molecule has 0 amide bonds. The Morgan fingerprint density at radius 1 is 0.558 bits per heavy atom. The number of ether oxygens (including phenoxy) is 2. The average molecular weight is 737 g/mol. The Hall–Kier alpha value is -2.57. The maximum atomic E-state index is 12.0. The van der Waals surface area contributed by atoms with E-state index < -0.39 is 11.9 Å². The molecule has 7 heteroatoms. The smallest absolute Gasteiger partial charge is 0.344 e. The number of carboxylic acid groups (broad SMARTS) is 2. The van der Waals surface area contributed by atoms with Crippen molar-refractivity contribution in [1.82, 2.24) is 0 Å². The molecule has 0 aliphatic heterocycles. The fourth-order valence-corrected chi connectivity index (χ4v) is 5.93. The second-order valence-corrected chi connectivity index (χ2v) is 13.7. The molecular formula is C45H84O7. The van der Waals surface area contributed by atoms with E-state index in [1.807, 2.05) is 26.0 Å². The molecule has 0 saturated heterocycles. The van der Waals surface area contributed by atoms with Crippen molar-refractivity contribution in [3.63, 3.8) is 0 Å². The second-order valence-electron chi connectivity index (χ2n) is 13.7. The summed E-state index contributed by atoms with van der Waals surface area (Å²) in [6.07, 6.45) is 36.2. The number of benzene rings is 1. The molecule has 1 aliphatic rings. The van der Waals surface area contributed by atoms with E-state index in [0.717, 1.165) is 45.3 Å². The highest BCUT2D eigenvalue weighted by molar-refractivity contribution is 5.71. The van der Waals surface area contributed by atoms with Crippen molar-refractivity contribution in [3.05, 3.63) is 29.3 Å². The van der Waals surface area contributed by atoms with Crippen LogP contribution in [0.3, 0.4) is 0 Å². The molecule has 7 nitrogen and oxygen atoms in total. The van der Waals surface area contributed by atoms with Crippen LogP contribution in [0.25, 0.3) is 0 Å². The van der Waals surface area contributed by atoms with Gasteiger partial charge in [0.15, 0.2) is 6.61 Å². The summed E-state index contributed by atoms with van der Waals surface area (Å²) < 4.78 is 11.1. The number of fused-ring (bicyclic) bond motifs is 1. The minimum absolute atomic E-state index is 0.0229. The molecule has 306 valence electrons. The van der Waals surface area contributed by atoms with Crippen LogP contribution in [0.5, 0.6) is 5.75 Å². The first kappa shape index (κ1) is 53.8. The Morgan fingerprint density at radius 2 is 0.904 bits per heavy atom. The van der Waals surface area contributed by atoms with Crippen molar-refractivity contribution in [1.29, 1.82) is 0 Å². The van der Waals surface area contributed by atoms with E-state index in [1.54, 1.807) is 0 Å². The monoisotopic (exact) mass is 737 g/mol. The summed E-state index contributed by atoms with van der Waals surface area (Å²) >= 11 is 0. The summed E-state index contributed by atoms with van der Waals surface area (Å²) in [5, 5.41) is 14.8. The number of unbranched alkanes of at least 4 members (excludes halogenated alkanes) is 21. The zero-order valence-corrected chi connectivity index (χ0v) is 35.2. The number of hydrogen-bond acceptors (Lipinski definition) is 5. The number of hydrogen-bond donors (Lipinski definition) is 2. The van der Waals surface area contributed by atoms with Crippen molar-refractivity contribution in [3.8, 4) is 5.75 Å². The Morgan fingerprint density at radius 3 is 1.29 bits per heavy atom. The molecule has 0 unspecified atom stereocenters. The molecule has 0 fully saturated rings. The summed E-state index contributed by atoms with van der Waals surface area (Å²) in [4.78, 5) is 30.0. The number of aryl methyl sites for hydroxylation is 1. The van der Waals surface area contributed by atoms with Gasteiger partial charge < -0.3 is 19.7 Å². The van der Waals surface area contributed by atoms with Crippen LogP contribution in [0.4, 0.5) is 0 Å². The van der Waals surface area contributed by atoms with E-state index >= 15 is 0 Å². The average Bonchev–Trinajstić information content (AvgIpc) is 3.12. The summed E-state index contributed by atoms with van der Waals surface area (Å²) in [5.74, 6) is -1.05. The van der Waals surface area contributed by atoms with Gasteiger partial charge in [-0.1, -0.05) is 188 Å². The number of carbonyl (C=O) groups is 3. The van der Waals surface area contributed by atoms with Crippen molar-refractivity contribution in [2.45, 2.75) is 222 Å². The van der Waals surface area contributed by atoms with Gasteiger partial charge in [-0.3, -0.25) is 9.59 Å². The number of rotatable bonds is 26. The molecule has 2 rings (SSSR count). The summed E-state index contributed by atoms with van der Waals surface area (Å²) in [6, 6.07) is 6.18. The maximum Gasteiger partial charge on any atom is 0.344 e. The molecule has 0 bridgehead atoms.